The number of halogens is 1. The maximum absolute atomic E-state index is 14.9. The zero-order valence-electron chi connectivity index (χ0n) is 26.4. The molecule has 0 aliphatic heterocycles. The summed E-state index contributed by atoms with van der Waals surface area (Å²) in [5, 5.41) is 7.44. The highest BCUT2D eigenvalue weighted by Crippen LogP contribution is 2.21. The molecule has 0 aliphatic carbocycles. The molecule has 0 aliphatic rings. The van der Waals surface area contributed by atoms with Gasteiger partial charge in [0.1, 0.15) is 17.5 Å². The Morgan fingerprint density at radius 1 is 1.12 bits per heavy atom. The lowest BCUT2D eigenvalue weighted by atomic mass is 10.0. The summed E-state index contributed by atoms with van der Waals surface area (Å²) >= 11 is 1.76. The first-order valence-electron chi connectivity index (χ1n) is 14.1. The van der Waals surface area contributed by atoms with E-state index in [0.29, 0.717) is 31.2 Å². The topological polar surface area (TPSA) is 140 Å². The third-order valence-electron chi connectivity index (χ3n) is 5.27. The second-order valence-electron chi connectivity index (χ2n) is 10.0. The largest absolute Gasteiger partial charge is 0.444 e. The fourth-order valence-corrected chi connectivity index (χ4v) is 3.73. The molecule has 1 aromatic carbocycles. The van der Waals surface area contributed by atoms with Crippen LogP contribution in [0.3, 0.4) is 0 Å². The number of allylic oxidation sites excluding steroid dienone is 1. The molecule has 1 rings (SSSR count). The average Bonchev–Trinajstić information content (AvgIpc) is 2.92. The molecule has 0 radical (unpaired) electrons. The summed E-state index contributed by atoms with van der Waals surface area (Å²) in [6, 6.07) is 3.53. The Balaban J connectivity index is 0. The minimum Gasteiger partial charge on any atom is -0.444 e. The fraction of sp³-hybridized carbons (Fsp3) is 0.548. The lowest BCUT2D eigenvalue weighted by Gasteiger charge is -2.23. The van der Waals surface area contributed by atoms with Crippen LogP contribution in [0.15, 0.2) is 43.0 Å². The number of primary amides is 1. The van der Waals surface area contributed by atoms with Crippen molar-refractivity contribution in [3.8, 4) is 0 Å². The highest BCUT2D eigenvalue weighted by molar-refractivity contribution is 7.98. The molecule has 4 amide bonds. The normalized spacial score (nSPS) is 10.9. The van der Waals surface area contributed by atoms with E-state index in [1.54, 1.807) is 57.8 Å². The van der Waals surface area contributed by atoms with Gasteiger partial charge in [0.05, 0.1) is 5.69 Å². The van der Waals surface area contributed by atoms with Gasteiger partial charge >= 0.3 is 6.09 Å². The number of nitrogens with two attached hydrogens (primary N) is 1. The Hall–Kier alpha value is -3.34. The molecule has 238 valence electrons. The Kier molecular flexibility index (Phi) is 22.6. The van der Waals surface area contributed by atoms with Gasteiger partial charge in [0, 0.05) is 25.6 Å². The van der Waals surface area contributed by atoms with Crippen molar-refractivity contribution in [2.24, 2.45) is 5.73 Å². The second kappa shape index (κ2) is 23.2. The molecule has 0 saturated heterocycles. The molecule has 9 nitrogen and oxygen atoms in total. The zero-order valence-corrected chi connectivity index (χ0v) is 27.2. The van der Waals surface area contributed by atoms with Gasteiger partial charge in [-0.2, -0.15) is 11.8 Å². The van der Waals surface area contributed by atoms with Gasteiger partial charge in [0.15, 0.2) is 0 Å². The molecule has 0 fully saturated rings. The van der Waals surface area contributed by atoms with E-state index in [9.17, 15) is 23.6 Å². The van der Waals surface area contributed by atoms with Gasteiger partial charge in [-0.15, -0.1) is 0 Å². The Bertz CT molecular complexity index is 1010. The number of carbonyl (C=O) groups excluding carboxylic acids is 4. The van der Waals surface area contributed by atoms with Crippen LogP contribution in [-0.2, 0) is 25.5 Å². The lowest BCUT2D eigenvalue weighted by Crippen LogP contribution is -2.46. The van der Waals surface area contributed by atoms with Crippen LogP contribution in [0.25, 0.3) is 0 Å². The molecule has 5 N–H and O–H groups in total. The van der Waals surface area contributed by atoms with E-state index < -0.39 is 35.4 Å². The molecule has 11 heteroatoms. The summed E-state index contributed by atoms with van der Waals surface area (Å²) < 4.78 is 20.1. The number of benzene rings is 1. The fourth-order valence-electron chi connectivity index (χ4n) is 3.24. The summed E-state index contributed by atoms with van der Waals surface area (Å²) in [7, 11) is 1.58. The molecule has 0 spiro atoms. The van der Waals surface area contributed by atoms with Crippen molar-refractivity contribution in [1.82, 2.24) is 10.6 Å². The number of carbonyl (C=O) groups is 4. The molecular formula is C31H51FN4O5S. The smallest absolute Gasteiger partial charge is 0.408 e. The van der Waals surface area contributed by atoms with Crippen LogP contribution < -0.4 is 21.7 Å². The van der Waals surface area contributed by atoms with Crippen molar-refractivity contribution >= 4 is 41.3 Å². The molecule has 0 aromatic heterocycles. The first kappa shape index (κ1) is 40.8. The summed E-state index contributed by atoms with van der Waals surface area (Å²) in [4.78, 5) is 47.3. The molecule has 1 unspecified atom stereocenters. The number of thioether (sulfide) groups is 1. The van der Waals surface area contributed by atoms with E-state index in [4.69, 9.17) is 10.5 Å². The predicted molar refractivity (Wildman–Crippen MR) is 172 cm³/mol. The third-order valence-corrected chi connectivity index (χ3v) is 5.93. The van der Waals surface area contributed by atoms with Crippen molar-refractivity contribution in [3.63, 3.8) is 0 Å². The van der Waals surface area contributed by atoms with E-state index in [0.717, 1.165) is 17.7 Å². The van der Waals surface area contributed by atoms with Gasteiger partial charge in [0.25, 0.3) is 0 Å². The van der Waals surface area contributed by atoms with Crippen LogP contribution in [0.5, 0.6) is 0 Å². The molecular weight excluding hydrogens is 559 g/mol. The number of anilines is 1. The van der Waals surface area contributed by atoms with E-state index in [-0.39, 0.29) is 24.4 Å². The first-order chi connectivity index (χ1) is 19.7. The van der Waals surface area contributed by atoms with Gasteiger partial charge in [-0.3, -0.25) is 14.4 Å². The van der Waals surface area contributed by atoms with Gasteiger partial charge in [-0.25, -0.2) is 9.18 Å². The Morgan fingerprint density at radius 2 is 1.76 bits per heavy atom. The summed E-state index contributed by atoms with van der Waals surface area (Å²) in [5.41, 5.74) is 5.89. The minimum absolute atomic E-state index is 0.0297. The highest BCUT2D eigenvalue weighted by atomic mass is 32.2. The Labute approximate surface area is 255 Å². The number of ether oxygens (including phenoxy) is 1. The van der Waals surface area contributed by atoms with Crippen molar-refractivity contribution in [1.29, 1.82) is 0 Å². The van der Waals surface area contributed by atoms with Crippen LogP contribution in [-0.4, -0.2) is 54.5 Å². The van der Waals surface area contributed by atoms with Crippen molar-refractivity contribution in [2.45, 2.75) is 91.2 Å². The number of nitrogens with one attached hydrogen (secondary N) is 3. The quantitative estimate of drug-likeness (QED) is 0.144. The maximum Gasteiger partial charge on any atom is 0.408 e. The van der Waals surface area contributed by atoms with Gasteiger partial charge in [-0.1, -0.05) is 51.6 Å². The number of hydrogen-bond acceptors (Lipinski definition) is 6. The lowest BCUT2D eigenvalue weighted by molar-refractivity contribution is -0.121. The van der Waals surface area contributed by atoms with Crippen molar-refractivity contribution < 1.29 is 28.3 Å². The van der Waals surface area contributed by atoms with Gasteiger partial charge in [-0.05, 0) is 69.9 Å². The van der Waals surface area contributed by atoms with Gasteiger partial charge < -0.3 is 26.4 Å². The van der Waals surface area contributed by atoms with Crippen LogP contribution in [0, 0.1) is 5.82 Å². The Morgan fingerprint density at radius 3 is 2.26 bits per heavy atom. The van der Waals surface area contributed by atoms with E-state index in [2.05, 4.69) is 35.4 Å². The van der Waals surface area contributed by atoms with E-state index in [1.807, 2.05) is 13.8 Å². The third kappa shape index (κ3) is 20.5. The number of rotatable bonds is 15. The molecule has 1 aromatic rings. The van der Waals surface area contributed by atoms with Crippen molar-refractivity contribution in [2.75, 3.05) is 24.4 Å². The van der Waals surface area contributed by atoms with Crippen LogP contribution in [0.4, 0.5) is 14.9 Å². The number of amides is 4. The monoisotopic (exact) mass is 610 g/mol. The van der Waals surface area contributed by atoms with Crippen LogP contribution in [0.2, 0.25) is 0 Å². The standard InChI is InChI=1S/C23H35FN4O5.C6H10S.C2H6/c1-23(2,3)33-22(32)28-17(13-14-18(25)29)21(31)27-16-11-8-10-15(20(16)24)9-6-5-7-12-19(30)26-4;1-4-6(2)5-7-3;1-2/h8,10-11,17H,5-7,9,12-14H2,1-4H3,(H2,25,29)(H,26,30)(H,27,31)(H,28,32);4H,1-2,5H2,3H3;1-2H3. The van der Waals surface area contributed by atoms with E-state index in [1.165, 1.54) is 6.07 Å². The van der Waals surface area contributed by atoms with E-state index >= 15 is 0 Å². The van der Waals surface area contributed by atoms with Gasteiger partial charge in [0.2, 0.25) is 17.7 Å². The maximum atomic E-state index is 14.9. The molecule has 0 heterocycles. The minimum atomic E-state index is -1.14. The predicted octanol–water partition coefficient (Wildman–Crippen LogP) is 5.89. The SMILES string of the molecule is C=CC(=C)CSC.CC.CNC(=O)CCCCCc1cccc(NC(=O)C(CCC(N)=O)NC(=O)OC(C)(C)C)c1F. The number of unbranched alkanes of at least 4 members (excludes halogenated alkanes) is 2. The van der Waals surface area contributed by atoms with Crippen LogP contribution in [0.1, 0.15) is 78.7 Å². The zero-order chi connectivity index (χ0) is 32.7. The molecule has 42 heavy (non-hydrogen) atoms. The molecule has 0 saturated carbocycles. The van der Waals surface area contributed by atoms with Crippen LogP contribution >= 0.6 is 11.8 Å². The number of hydrogen-bond donors (Lipinski definition) is 4. The van der Waals surface area contributed by atoms with Crippen molar-refractivity contribution in [3.05, 3.63) is 54.4 Å². The average molecular weight is 611 g/mol. The first-order valence-corrected chi connectivity index (χ1v) is 15.5. The number of alkyl carbamates (subject to hydrolysis) is 1. The summed E-state index contributed by atoms with van der Waals surface area (Å²) in [6.45, 7) is 16.3. The second-order valence-corrected chi connectivity index (χ2v) is 10.9. The molecule has 1 atom stereocenters. The number of aryl methyl sites for hydroxylation is 1. The highest BCUT2D eigenvalue weighted by Gasteiger charge is 2.25. The molecule has 0 bridgehead atoms. The summed E-state index contributed by atoms with van der Waals surface area (Å²) in [5.74, 6) is -0.921. The summed E-state index contributed by atoms with van der Waals surface area (Å²) in [6.07, 6.45) is 5.82.